The molecule has 4 nitrogen and oxygen atoms in total. The molecule has 0 unspecified atom stereocenters. The Morgan fingerprint density at radius 1 is 1.36 bits per heavy atom. The van der Waals surface area contributed by atoms with Gasteiger partial charge in [0, 0.05) is 17.5 Å². The van der Waals surface area contributed by atoms with Gasteiger partial charge in [-0.1, -0.05) is 0 Å². The van der Waals surface area contributed by atoms with Crippen LogP contribution in [0.25, 0.3) is 11.3 Å². The zero-order valence-electron chi connectivity index (χ0n) is 13.1. The van der Waals surface area contributed by atoms with Crippen LogP contribution in [0.3, 0.4) is 0 Å². The van der Waals surface area contributed by atoms with Gasteiger partial charge in [0.1, 0.15) is 0 Å². The number of aryl methyl sites for hydroxylation is 1. The SMILES string of the molecule is Cc1nc(-c2ccsc2)ccc1C(=O)N1C[C@@H](C)OC[C@@H]1C. The second-order valence-corrected chi connectivity index (χ2v) is 6.57. The first-order chi connectivity index (χ1) is 10.6. The molecule has 2 aromatic rings. The van der Waals surface area contributed by atoms with Crippen molar-refractivity contribution in [1.29, 1.82) is 0 Å². The summed E-state index contributed by atoms with van der Waals surface area (Å²) in [6.45, 7) is 7.14. The zero-order valence-corrected chi connectivity index (χ0v) is 13.9. The number of aromatic nitrogens is 1. The van der Waals surface area contributed by atoms with Gasteiger partial charge in [-0.3, -0.25) is 9.78 Å². The molecule has 1 fully saturated rings. The average molecular weight is 316 g/mol. The number of thiophene rings is 1. The maximum absolute atomic E-state index is 12.8. The summed E-state index contributed by atoms with van der Waals surface area (Å²) >= 11 is 1.64. The van der Waals surface area contributed by atoms with Gasteiger partial charge in [-0.25, -0.2) is 0 Å². The fourth-order valence-electron chi connectivity index (χ4n) is 2.70. The fraction of sp³-hybridized carbons (Fsp3) is 0.412. The molecule has 22 heavy (non-hydrogen) atoms. The number of pyridine rings is 1. The number of amides is 1. The Hall–Kier alpha value is -1.72. The van der Waals surface area contributed by atoms with Crippen molar-refractivity contribution in [3.63, 3.8) is 0 Å². The van der Waals surface area contributed by atoms with E-state index in [4.69, 9.17) is 4.74 Å². The normalized spacial score (nSPS) is 21.9. The van der Waals surface area contributed by atoms with Gasteiger partial charge in [0.15, 0.2) is 0 Å². The third-order valence-electron chi connectivity index (χ3n) is 4.00. The van der Waals surface area contributed by atoms with Crippen molar-refractivity contribution in [2.45, 2.75) is 32.9 Å². The Bertz CT molecular complexity index is 669. The quantitative estimate of drug-likeness (QED) is 0.853. The highest BCUT2D eigenvalue weighted by Gasteiger charge is 2.29. The summed E-state index contributed by atoms with van der Waals surface area (Å²) in [5, 5.41) is 4.09. The van der Waals surface area contributed by atoms with E-state index < -0.39 is 0 Å². The maximum atomic E-state index is 12.8. The first-order valence-corrected chi connectivity index (χ1v) is 8.43. The number of hydrogen-bond donors (Lipinski definition) is 0. The van der Waals surface area contributed by atoms with Gasteiger partial charge in [0.2, 0.25) is 0 Å². The molecular formula is C17H20N2O2S. The van der Waals surface area contributed by atoms with E-state index in [0.29, 0.717) is 18.7 Å². The van der Waals surface area contributed by atoms with Gasteiger partial charge in [-0.15, -0.1) is 0 Å². The summed E-state index contributed by atoms with van der Waals surface area (Å²) < 4.78 is 5.60. The molecule has 2 aromatic heterocycles. The molecule has 0 spiro atoms. The van der Waals surface area contributed by atoms with Crippen LogP contribution in [0.2, 0.25) is 0 Å². The van der Waals surface area contributed by atoms with Crippen molar-refractivity contribution >= 4 is 17.2 Å². The molecule has 116 valence electrons. The number of morpholine rings is 1. The maximum Gasteiger partial charge on any atom is 0.256 e. The highest BCUT2D eigenvalue weighted by molar-refractivity contribution is 7.08. The molecule has 3 heterocycles. The van der Waals surface area contributed by atoms with Crippen LogP contribution >= 0.6 is 11.3 Å². The predicted octanol–water partition coefficient (Wildman–Crippen LogP) is 3.37. The van der Waals surface area contributed by atoms with Crippen LogP contribution in [0.15, 0.2) is 29.0 Å². The molecule has 1 aliphatic rings. The van der Waals surface area contributed by atoms with Gasteiger partial charge in [0.05, 0.1) is 35.7 Å². The minimum atomic E-state index is 0.0459. The van der Waals surface area contributed by atoms with Gasteiger partial charge in [-0.2, -0.15) is 11.3 Å². The fourth-order valence-corrected chi connectivity index (χ4v) is 3.35. The zero-order chi connectivity index (χ0) is 15.7. The molecule has 0 bridgehead atoms. The van der Waals surface area contributed by atoms with Crippen LogP contribution in [-0.4, -0.2) is 41.1 Å². The lowest BCUT2D eigenvalue weighted by Crippen LogP contribution is -2.50. The first kappa shape index (κ1) is 15.2. The smallest absolute Gasteiger partial charge is 0.256 e. The Morgan fingerprint density at radius 2 is 2.18 bits per heavy atom. The van der Waals surface area contributed by atoms with Gasteiger partial charge in [0.25, 0.3) is 5.91 Å². The number of rotatable bonds is 2. The molecule has 1 amide bonds. The van der Waals surface area contributed by atoms with Crippen LogP contribution < -0.4 is 0 Å². The van der Waals surface area contributed by atoms with Gasteiger partial charge in [-0.05, 0) is 44.4 Å². The van der Waals surface area contributed by atoms with E-state index in [1.54, 1.807) is 11.3 Å². The Kier molecular flexibility index (Phi) is 4.27. The molecule has 0 N–H and O–H groups in total. The lowest BCUT2D eigenvalue weighted by Gasteiger charge is -2.37. The van der Waals surface area contributed by atoms with E-state index in [1.165, 1.54) is 0 Å². The van der Waals surface area contributed by atoms with E-state index in [9.17, 15) is 4.79 Å². The Balaban J connectivity index is 1.86. The van der Waals surface area contributed by atoms with Crippen molar-refractivity contribution < 1.29 is 9.53 Å². The lowest BCUT2D eigenvalue weighted by molar-refractivity contribution is -0.0387. The number of hydrogen-bond acceptors (Lipinski definition) is 4. The lowest BCUT2D eigenvalue weighted by atomic mass is 10.1. The topological polar surface area (TPSA) is 42.4 Å². The molecule has 1 saturated heterocycles. The average Bonchev–Trinajstić information content (AvgIpc) is 3.03. The van der Waals surface area contributed by atoms with Crippen molar-refractivity contribution in [2.75, 3.05) is 13.2 Å². The highest BCUT2D eigenvalue weighted by atomic mass is 32.1. The van der Waals surface area contributed by atoms with E-state index in [2.05, 4.69) is 10.4 Å². The van der Waals surface area contributed by atoms with Crippen LogP contribution in [0.5, 0.6) is 0 Å². The summed E-state index contributed by atoms with van der Waals surface area (Å²) in [6.07, 6.45) is 0.0819. The molecule has 3 rings (SSSR count). The van der Waals surface area contributed by atoms with Crippen molar-refractivity contribution in [3.8, 4) is 11.3 Å². The van der Waals surface area contributed by atoms with Crippen LogP contribution in [0.4, 0.5) is 0 Å². The summed E-state index contributed by atoms with van der Waals surface area (Å²) in [5.74, 6) is 0.0459. The molecule has 2 atom stereocenters. The molecule has 1 aliphatic heterocycles. The molecule has 5 heteroatoms. The summed E-state index contributed by atoms with van der Waals surface area (Å²) in [7, 11) is 0. The van der Waals surface area contributed by atoms with Crippen molar-refractivity contribution in [2.24, 2.45) is 0 Å². The van der Waals surface area contributed by atoms with Gasteiger partial charge < -0.3 is 9.64 Å². The standard InChI is InChI=1S/C17H20N2O2S/c1-11-9-21-12(2)8-19(11)17(20)15-4-5-16(18-13(15)3)14-6-7-22-10-14/h4-7,10-12H,8-9H2,1-3H3/t11-,12+/m0/s1. The van der Waals surface area contributed by atoms with E-state index in [-0.39, 0.29) is 18.1 Å². The second kappa shape index (κ2) is 6.18. The molecule has 0 radical (unpaired) electrons. The predicted molar refractivity (Wildman–Crippen MR) is 88.2 cm³/mol. The van der Waals surface area contributed by atoms with E-state index >= 15 is 0 Å². The summed E-state index contributed by atoms with van der Waals surface area (Å²) in [6, 6.07) is 5.96. The third kappa shape index (κ3) is 2.91. The largest absolute Gasteiger partial charge is 0.375 e. The monoisotopic (exact) mass is 316 g/mol. The number of ether oxygens (including phenoxy) is 1. The summed E-state index contributed by atoms with van der Waals surface area (Å²) in [4.78, 5) is 19.3. The molecule has 0 aromatic carbocycles. The summed E-state index contributed by atoms with van der Waals surface area (Å²) in [5.41, 5.74) is 3.47. The third-order valence-corrected chi connectivity index (χ3v) is 4.69. The Labute approximate surface area is 134 Å². The highest BCUT2D eigenvalue weighted by Crippen LogP contribution is 2.23. The van der Waals surface area contributed by atoms with Crippen LogP contribution in [-0.2, 0) is 4.74 Å². The number of carbonyl (C=O) groups excluding carboxylic acids is 1. The minimum absolute atomic E-state index is 0.0459. The molecular weight excluding hydrogens is 296 g/mol. The number of carbonyl (C=O) groups is 1. The number of nitrogens with zero attached hydrogens (tertiary/aromatic N) is 2. The van der Waals surface area contributed by atoms with E-state index in [1.807, 2.05) is 49.3 Å². The van der Waals surface area contributed by atoms with E-state index in [0.717, 1.165) is 17.0 Å². The Morgan fingerprint density at radius 3 is 2.86 bits per heavy atom. The first-order valence-electron chi connectivity index (χ1n) is 7.49. The minimum Gasteiger partial charge on any atom is -0.375 e. The molecule has 0 saturated carbocycles. The van der Waals surface area contributed by atoms with Gasteiger partial charge >= 0.3 is 0 Å². The van der Waals surface area contributed by atoms with Crippen molar-refractivity contribution in [1.82, 2.24) is 9.88 Å². The second-order valence-electron chi connectivity index (χ2n) is 5.79. The van der Waals surface area contributed by atoms with Crippen LogP contribution in [0.1, 0.15) is 29.9 Å². The van der Waals surface area contributed by atoms with Crippen LogP contribution in [0, 0.1) is 6.92 Å². The van der Waals surface area contributed by atoms with Crippen molar-refractivity contribution in [3.05, 3.63) is 40.2 Å². The molecule has 0 aliphatic carbocycles.